The Morgan fingerprint density at radius 2 is 1.50 bits per heavy atom. The zero-order chi connectivity index (χ0) is 10.9. The highest BCUT2D eigenvalue weighted by molar-refractivity contribution is 6.13. The molecule has 0 fully saturated rings. The standard InChI is InChI=1S/C11H26O2Si/c1-4-7-8-9-10-11(14,12-5-2)13-6-3/h4-10H2,1-3,14H3. The second-order valence-corrected chi connectivity index (χ2v) is 5.33. The van der Waals surface area contributed by atoms with Gasteiger partial charge < -0.3 is 9.47 Å². The van der Waals surface area contributed by atoms with Crippen LogP contribution in [0.4, 0.5) is 0 Å². The van der Waals surface area contributed by atoms with Crippen LogP contribution < -0.4 is 0 Å². The third-order valence-electron chi connectivity index (χ3n) is 2.38. The van der Waals surface area contributed by atoms with Gasteiger partial charge in [0, 0.05) is 13.2 Å². The van der Waals surface area contributed by atoms with Gasteiger partial charge in [0.2, 0.25) is 0 Å². The van der Waals surface area contributed by atoms with Gasteiger partial charge in [0.25, 0.3) is 0 Å². The van der Waals surface area contributed by atoms with Crippen LogP contribution in [0.1, 0.15) is 52.9 Å². The van der Waals surface area contributed by atoms with E-state index in [1.165, 1.54) is 25.7 Å². The molecule has 0 amide bonds. The Morgan fingerprint density at radius 3 is 1.93 bits per heavy atom. The molecule has 3 heteroatoms. The van der Waals surface area contributed by atoms with Gasteiger partial charge >= 0.3 is 0 Å². The van der Waals surface area contributed by atoms with E-state index in [0.717, 1.165) is 29.9 Å². The van der Waals surface area contributed by atoms with E-state index in [-0.39, 0.29) is 5.41 Å². The lowest BCUT2D eigenvalue weighted by Gasteiger charge is -2.29. The number of unbranched alkanes of at least 4 members (excludes halogenated alkanes) is 3. The van der Waals surface area contributed by atoms with Crippen molar-refractivity contribution in [1.82, 2.24) is 0 Å². The molecule has 0 heterocycles. The summed E-state index contributed by atoms with van der Waals surface area (Å²) < 4.78 is 11.4. The van der Waals surface area contributed by atoms with Gasteiger partial charge in [-0.1, -0.05) is 26.2 Å². The van der Waals surface area contributed by atoms with Crippen LogP contribution in [0.25, 0.3) is 0 Å². The molecular formula is C11H26O2Si. The van der Waals surface area contributed by atoms with Crippen molar-refractivity contribution in [2.75, 3.05) is 13.2 Å². The van der Waals surface area contributed by atoms with E-state index in [2.05, 4.69) is 6.92 Å². The lowest BCUT2D eigenvalue weighted by atomic mass is 10.1. The molecule has 86 valence electrons. The fourth-order valence-corrected chi connectivity index (χ4v) is 2.60. The van der Waals surface area contributed by atoms with E-state index in [4.69, 9.17) is 9.47 Å². The minimum atomic E-state index is -0.211. The summed E-state index contributed by atoms with van der Waals surface area (Å²) in [5, 5.41) is 0. The summed E-state index contributed by atoms with van der Waals surface area (Å²) >= 11 is 0. The minimum Gasteiger partial charge on any atom is -0.355 e. The van der Waals surface area contributed by atoms with E-state index < -0.39 is 0 Å². The molecule has 0 aromatic carbocycles. The van der Waals surface area contributed by atoms with Crippen molar-refractivity contribution in [3.8, 4) is 0 Å². The monoisotopic (exact) mass is 218 g/mol. The molecule has 0 rings (SSSR count). The topological polar surface area (TPSA) is 18.5 Å². The van der Waals surface area contributed by atoms with E-state index in [0.29, 0.717) is 0 Å². The molecule has 0 aliphatic heterocycles. The molecular weight excluding hydrogens is 192 g/mol. The predicted octanol–water partition coefficient (Wildman–Crippen LogP) is 2.05. The summed E-state index contributed by atoms with van der Waals surface area (Å²) in [7, 11) is 0.962. The van der Waals surface area contributed by atoms with Gasteiger partial charge in [-0.3, -0.25) is 0 Å². The van der Waals surface area contributed by atoms with Crippen LogP contribution in [0.15, 0.2) is 0 Å². The molecule has 0 saturated heterocycles. The van der Waals surface area contributed by atoms with Gasteiger partial charge in [-0.15, -0.1) is 0 Å². The lowest BCUT2D eigenvalue weighted by molar-refractivity contribution is -0.177. The van der Waals surface area contributed by atoms with E-state index >= 15 is 0 Å². The summed E-state index contributed by atoms with van der Waals surface area (Å²) in [5.74, 6) is 0. The number of ether oxygens (including phenoxy) is 2. The van der Waals surface area contributed by atoms with Gasteiger partial charge in [-0.05, 0) is 26.7 Å². The van der Waals surface area contributed by atoms with Crippen LogP contribution in [-0.4, -0.2) is 28.9 Å². The normalized spacial score (nSPS) is 12.2. The fraction of sp³-hybridized carbons (Fsp3) is 1.00. The molecule has 0 radical (unpaired) electrons. The van der Waals surface area contributed by atoms with Crippen molar-refractivity contribution in [1.29, 1.82) is 0 Å². The Bertz CT molecular complexity index is 122. The summed E-state index contributed by atoms with van der Waals surface area (Å²) in [6.45, 7) is 7.84. The van der Waals surface area contributed by atoms with Crippen LogP contribution in [0, 0.1) is 0 Å². The summed E-state index contributed by atoms with van der Waals surface area (Å²) in [6.07, 6.45) is 6.23. The molecule has 0 N–H and O–H groups in total. The second-order valence-electron chi connectivity index (χ2n) is 3.81. The van der Waals surface area contributed by atoms with Crippen LogP contribution in [-0.2, 0) is 9.47 Å². The molecule has 0 saturated carbocycles. The van der Waals surface area contributed by atoms with Crippen LogP contribution in [0.3, 0.4) is 0 Å². The molecule has 0 bridgehead atoms. The summed E-state index contributed by atoms with van der Waals surface area (Å²) in [5.41, 5.74) is -0.211. The van der Waals surface area contributed by atoms with Crippen molar-refractivity contribution in [3.05, 3.63) is 0 Å². The summed E-state index contributed by atoms with van der Waals surface area (Å²) in [4.78, 5) is 0. The number of hydrogen-bond donors (Lipinski definition) is 0. The first-order chi connectivity index (χ1) is 6.68. The molecule has 0 unspecified atom stereocenters. The van der Waals surface area contributed by atoms with Crippen LogP contribution >= 0.6 is 0 Å². The van der Waals surface area contributed by atoms with Gasteiger partial charge in [0.15, 0.2) is 0 Å². The molecule has 0 aromatic heterocycles. The molecule has 0 atom stereocenters. The maximum atomic E-state index is 5.69. The molecule has 0 aliphatic rings. The Labute approximate surface area is 91.8 Å². The Kier molecular flexibility index (Phi) is 8.53. The smallest absolute Gasteiger partial charge is 0.141 e. The zero-order valence-electron chi connectivity index (χ0n) is 10.3. The van der Waals surface area contributed by atoms with Gasteiger partial charge in [-0.2, -0.15) is 0 Å². The number of rotatable bonds is 9. The third-order valence-corrected chi connectivity index (χ3v) is 3.46. The summed E-state index contributed by atoms with van der Waals surface area (Å²) in [6, 6.07) is 0. The largest absolute Gasteiger partial charge is 0.355 e. The first-order valence-electron chi connectivity index (χ1n) is 5.96. The van der Waals surface area contributed by atoms with Crippen LogP contribution in [0.2, 0.25) is 0 Å². The van der Waals surface area contributed by atoms with Gasteiger partial charge in [0.1, 0.15) is 5.41 Å². The minimum absolute atomic E-state index is 0.211. The van der Waals surface area contributed by atoms with Crippen molar-refractivity contribution in [2.45, 2.75) is 58.3 Å². The molecule has 0 spiro atoms. The maximum absolute atomic E-state index is 5.69. The maximum Gasteiger partial charge on any atom is 0.141 e. The molecule has 0 aliphatic carbocycles. The van der Waals surface area contributed by atoms with Crippen LogP contribution in [0.5, 0.6) is 0 Å². The molecule has 0 aromatic rings. The van der Waals surface area contributed by atoms with Crippen molar-refractivity contribution in [2.24, 2.45) is 0 Å². The van der Waals surface area contributed by atoms with E-state index in [1.54, 1.807) is 0 Å². The number of hydrogen-bond acceptors (Lipinski definition) is 2. The highest BCUT2D eigenvalue weighted by Crippen LogP contribution is 2.18. The van der Waals surface area contributed by atoms with Gasteiger partial charge in [0.05, 0.1) is 10.2 Å². The third kappa shape index (κ3) is 6.57. The van der Waals surface area contributed by atoms with Crippen molar-refractivity contribution in [3.63, 3.8) is 0 Å². The predicted molar refractivity (Wildman–Crippen MR) is 64.7 cm³/mol. The lowest BCUT2D eigenvalue weighted by Crippen LogP contribution is -2.36. The fourth-order valence-electron chi connectivity index (χ4n) is 1.67. The zero-order valence-corrected chi connectivity index (χ0v) is 12.3. The Morgan fingerprint density at radius 1 is 0.929 bits per heavy atom. The van der Waals surface area contributed by atoms with Gasteiger partial charge in [-0.25, -0.2) is 0 Å². The SMILES string of the molecule is CCCCCCC([SiH3])(OCC)OCC. The first-order valence-corrected chi connectivity index (χ1v) is 6.96. The second kappa shape index (κ2) is 8.45. The average Bonchev–Trinajstić information content (AvgIpc) is 2.13. The van der Waals surface area contributed by atoms with E-state index in [9.17, 15) is 0 Å². The van der Waals surface area contributed by atoms with Crippen molar-refractivity contribution >= 4 is 10.2 Å². The first kappa shape index (κ1) is 14.1. The average molecular weight is 218 g/mol. The molecule has 14 heavy (non-hydrogen) atoms. The highest BCUT2D eigenvalue weighted by atomic mass is 28.1. The molecule has 2 nitrogen and oxygen atoms in total. The van der Waals surface area contributed by atoms with E-state index in [1.807, 2.05) is 13.8 Å². The quantitative estimate of drug-likeness (QED) is 0.335. The Balaban J connectivity index is 3.71. The Hall–Kier alpha value is 0.137. The highest BCUT2D eigenvalue weighted by Gasteiger charge is 2.23. The van der Waals surface area contributed by atoms with Crippen molar-refractivity contribution < 1.29 is 9.47 Å².